The molecule has 0 spiro atoms. The molecule has 150 valence electrons. The van der Waals surface area contributed by atoms with Crippen LogP contribution < -0.4 is 15.1 Å². The number of aromatic nitrogens is 2. The molecule has 7 heteroatoms. The first-order valence-corrected chi connectivity index (χ1v) is 10.1. The summed E-state index contributed by atoms with van der Waals surface area (Å²) in [7, 11) is 10.0. The third kappa shape index (κ3) is 2.90. The summed E-state index contributed by atoms with van der Waals surface area (Å²) in [5, 5.41) is 3.81. The van der Waals surface area contributed by atoms with Crippen LogP contribution in [0.2, 0.25) is 5.28 Å². The molecule has 0 unspecified atom stereocenters. The molecule has 0 fully saturated rings. The van der Waals surface area contributed by atoms with Crippen molar-refractivity contribution in [2.75, 3.05) is 43.3 Å². The zero-order chi connectivity index (χ0) is 20.9. The second kappa shape index (κ2) is 7.04. The summed E-state index contributed by atoms with van der Waals surface area (Å²) in [6, 6.07) is 16.9. The molecule has 0 saturated heterocycles. The molecule has 0 radical (unpaired) electrons. The Balaban J connectivity index is 1.98. The van der Waals surface area contributed by atoms with Crippen molar-refractivity contribution in [3.05, 3.63) is 70.6 Å². The van der Waals surface area contributed by atoms with Crippen LogP contribution >= 0.6 is 23.8 Å². The Morgan fingerprint density at radius 2 is 1.34 bits per heavy atom. The zero-order valence-electron chi connectivity index (χ0n) is 17.2. The van der Waals surface area contributed by atoms with Crippen molar-refractivity contribution >= 4 is 46.0 Å². The number of nitrogens with one attached hydrogen (secondary N) is 1. The quantitative estimate of drug-likeness (QED) is 0.631. The van der Waals surface area contributed by atoms with Gasteiger partial charge in [-0.1, -0.05) is 36.5 Å². The van der Waals surface area contributed by atoms with E-state index >= 15 is 0 Å². The third-order valence-corrected chi connectivity index (χ3v) is 6.35. The van der Waals surface area contributed by atoms with Gasteiger partial charge in [0.05, 0.1) is 0 Å². The van der Waals surface area contributed by atoms with Gasteiger partial charge in [0.2, 0.25) is 5.28 Å². The lowest BCUT2D eigenvalue weighted by atomic mass is 9.73. The Morgan fingerprint density at radius 3 is 1.76 bits per heavy atom. The topological polar surface area (TPSA) is 36.3 Å². The summed E-state index contributed by atoms with van der Waals surface area (Å²) in [6.07, 6.45) is 0. The average Bonchev–Trinajstić information content (AvgIpc) is 3.14. The Hall–Kier alpha value is -2.57. The molecule has 3 aromatic rings. The minimum Gasteiger partial charge on any atom is -0.378 e. The van der Waals surface area contributed by atoms with Crippen LogP contribution in [0.1, 0.15) is 16.8 Å². The molecule has 5 nitrogen and oxygen atoms in total. The van der Waals surface area contributed by atoms with Crippen molar-refractivity contribution in [2.24, 2.45) is 7.05 Å². The minimum atomic E-state index is -0.689. The average molecular weight is 426 g/mol. The van der Waals surface area contributed by atoms with Crippen LogP contribution in [0.25, 0.3) is 0 Å². The van der Waals surface area contributed by atoms with E-state index in [1.807, 2.05) is 39.8 Å². The SMILES string of the molecule is CN(C)c1ccc(C2(c3ccc(N(C)C)cc3)C(=S)Nc3c2nc(Cl)n3C)cc1. The van der Waals surface area contributed by atoms with E-state index in [4.69, 9.17) is 28.8 Å². The maximum atomic E-state index is 6.39. The molecule has 2 aromatic carbocycles. The van der Waals surface area contributed by atoms with E-state index in [1.54, 1.807) is 0 Å². The Labute approximate surface area is 181 Å². The second-order valence-corrected chi connectivity index (χ2v) is 8.47. The maximum absolute atomic E-state index is 6.39. The van der Waals surface area contributed by atoms with Gasteiger partial charge < -0.3 is 19.7 Å². The number of halogens is 1. The number of anilines is 3. The number of nitrogens with zero attached hydrogens (tertiary/aromatic N) is 4. The largest absolute Gasteiger partial charge is 0.378 e. The molecule has 0 aliphatic carbocycles. The molecule has 1 aliphatic rings. The van der Waals surface area contributed by atoms with E-state index in [-0.39, 0.29) is 0 Å². The number of imidazole rings is 1. The van der Waals surface area contributed by atoms with Gasteiger partial charge in [0.1, 0.15) is 21.9 Å². The van der Waals surface area contributed by atoms with Crippen molar-refractivity contribution in [3.63, 3.8) is 0 Å². The molecule has 4 rings (SSSR count). The van der Waals surface area contributed by atoms with Crippen LogP contribution in [0.3, 0.4) is 0 Å². The van der Waals surface area contributed by atoms with E-state index in [0.717, 1.165) is 34.0 Å². The molecule has 0 atom stereocenters. The van der Waals surface area contributed by atoms with Gasteiger partial charge in [-0.15, -0.1) is 0 Å². The standard InChI is InChI=1S/C22H24ClN5S/c1-26(2)16-10-6-14(7-11-16)22(15-8-12-17(13-9-15)27(3)4)18-19(25-20(22)29)28(5)21(23)24-18/h6-13H,1-5H3,(H,25,29). The van der Waals surface area contributed by atoms with Gasteiger partial charge >= 0.3 is 0 Å². The fourth-order valence-corrected chi connectivity index (χ4v) is 4.50. The summed E-state index contributed by atoms with van der Waals surface area (Å²) in [4.78, 5) is 9.59. The predicted molar refractivity (Wildman–Crippen MR) is 126 cm³/mol. The Morgan fingerprint density at radius 1 is 0.897 bits per heavy atom. The number of thiocarbonyl (C=S) groups is 1. The van der Waals surface area contributed by atoms with Crippen LogP contribution in [-0.4, -0.2) is 42.7 Å². The molecule has 0 bridgehead atoms. The maximum Gasteiger partial charge on any atom is 0.204 e. The highest BCUT2D eigenvalue weighted by atomic mass is 35.5. The number of hydrogen-bond acceptors (Lipinski definition) is 4. The lowest BCUT2D eigenvalue weighted by Crippen LogP contribution is -2.36. The molecule has 0 amide bonds. The summed E-state index contributed by atoms with van der Waals surface area (Å²) in [5.41, 5.74) is 4.53. The smallest absolute Gasteiger partial charge is 0.204 e. The lowest BCUT2D eigenvalue weighted by Gasteiger charge is -2.30. The van der Waals surface area contributed by atoms with Gasteiger partial charge in [0, 0.05) is 46.6 Å². The first kappa shape index (κ1) is 19.7. The van der Waals surface area contributed by atoms with E-state index in [0.29, 0.717) is 10.3 Å². The van der Waals surface area contributed by atoms with E-state index in [2.05, 4.69) is 63.6 Å². The number of fused-ring (bicyclic) bond motifs is 1. The summed E-state index contributed by atoms with van der Waals surface area (Å²) in [5.74, 6) is 0.841. The third-order valence-electron chi connectivity index (χ3n) is 5.60. The monoisotopic (exact) mass is 425 g/mol. The van der Waals surface area contributed by atoms with Gasteiger partial charge in [-0.05, 0) is 47.0 Å². The van der Waals surface area contributed by atoms with Crippen LogP contribution in [0.15, 0.2) is 48.5 Å². The fourth-order valence-electron chi connectivity index (χ4n) is 3.91. The van der Waals surface area contributed by atoms with E-state index in [1.165, 1.54) is 0 Å². The van der Waals surface area contributed by atoms with Crippen molar-refractivity contribution in [1.82, 2.24) is 9.55 Å². The van der Waals surface area contributed by atoms with Crippen molar-refractivity contribution in [2.45, 2.75) is 5.41 Å². The fraction of sp³-hybridized carbons (Fsp3) is 0.273. The first-order valence-electron chi connectivity index (χ1n) is 9.36. The van der Waals surface area contributed by atoms with Crippen LogP contribution in [0.5, 0.6) is 0 Å². The molecular formula is C22H24ClN5S. The number of rotatable bonds is 4. The van der Waals surface area contributed by atoms with Gasteiger partial charge in [0.25, 0.3) is 0 Å². The summed E-state index contributed by atoms with van der Waals surface area (Å²) >= 11 is 12.3. The van der Waals surface area contributed by atoms with Gasteiger partial charge in [-0.2, -0.15) is 0 Å². The molecule has 1 aliphatic heterocycles. The van der Waals surface area contributed by atoms with E-state index in [9.17, 15) is 0 Å². The highest BCUT2D eigenvalue weighted by Crippen LogP contribution is 2.48. The molecule has 0 saturated carbocycles. The predicted octanol–water partition coefficient (Wildman–Crippen LogP) is 4.29. The van der Waals surface area contributed by atoms with Crippen LogP contribution in [0.4, 0.5) is 17.2 Å². The van der Waals surface area contributed by atoms with Crippen LogP contribution in [0, 0.1) is 0 Å². The zero-order valence-corrected chi connectivity index (χ0v) is 18.8. The second-order valence-electron chi connectivity index (χ2n) is 7.72. The number of benzene rings is 2. The molecule has 2 heterocycles. The minimum absolute atomic E-state index is 0.434. The first-order chi connectivity index (χ1) is 13.8. The highest BCUT2D eigenvalue weighted by Gasteiger charge is 2.50. The van der Waals surface area contributed by atoms with Gasteiger partial charge in [-0.25, -0.2) is 4.98 Å². The normalized spacial score (nSPS) is 14.5. The summed E-state index contributed by atoms with van der Waals surface area (Å²) in [6.45, 7) is 0. The van der Waals surface area contributed by atoms with Gasteiger partial charge in [-0.3, -0.25) is 0 Å². The van der Waals surface area contributed by atoms with E-state index < -0.39 is 5.41 Å². The highest BCUT2D eigenvalue weighted by molar-refractivity contribution is 7.80. The van der Waals surface area contributed by atoms with Crippen molar-refractivity contribution in [3.8, 4) is 0 Å². The number of hydrogen-bond donors (Lipinski definition) is 1. The van der Waals surface area contributed by atoms with Gasteiger partial charge in [0.15, 0.2) is 0 Å². The summed E-state index contributed by atoms with van der Waals surface area (Å²) < 4.78 is 1.84. The lowest BCUT2D eigenvalue weighted by molar-refractivity contribution is 0.827. The molecule has 29 heavy (non-hydrogen) atoms. The van der Waals surface area contributed by atoms with Crippen molar-refractivity contribution in [1.29, 1.82) is 0 Å². The Bertz CT molecular complexity index is 1020. The van der Waals surface area contributed by atoms with Crippen molar-refractivity contribution < 1.29 is 0 Å². The molecule has 1 aromatic heterocycles. The Kier molecular flexibility index (Phi) is 4.79. The molecule has 1 N–H and O–H groups in total. The van der Waals surface area contributed by atoms with Crippen LogP contribution in [-0.2, 0) is 12.5 Å². The molecular weight excluding hydrogens is 402 g/mol.